The third-order valence-corrected chi connectivity index (χ3v) is 2.09. The molecule has 0 spiro atoms. The second-order valence-corrected chi connectivity index (χ2v) is 4.14. The Morgan fingerprint density at radius 2 is 1.73 bits per heavy atom. The summed E-state index contributed by atoms with van der Waals surface area (Å²) < 4.78 is 1.16. The second kappa shape index (κ2) is 3.91. The predicted octanol–water partition coefficient (Wildman–Crippen LogP) is 3.65. The summed E-state index contributed by atoms with van der Waals surface area (Å²) >= 11 is 3.41. The van der Waals surface area contributed by atoms with E-state index in [1.807, 2.05) is 0 Å². The van der Waals surface area contributed by atoms with Crippen molar-refractivity contribution in [3.63, 3.8) is 0 Å². The zero-order chi connectivity index (χ0) is 8.27. The van der Waals surface area contributed by atoms with Gasteiger partial charge in [0, 0.05) is 4.47 Å². The van der Waals surface area contributed by atoms with E-state index in [0.717, 1.165) is 10.4 Å². The van der Waals surface area contributed by atoms with Crippen LogP contribution in [0.4, 0.5) is 0 Å². The quantitative estimate of drug-likeness (QED) is 0.703. The number of benzene rings is 1. The van der Waals surface area contributed by atoms with Gasteiger partial charge in [-0.15, -0.1) is 0 Å². The summed E-state index contributed by atoms with van der Waals surface area (Å²) in [7, 11) is 0. The molecule has 0 nitrogen and oxygen atoms in total. The minimum Gasteiger partial charge on any atom is -0.0625 e. The average molecular weight is 213 g/mol. The lowest BCUT2D eigenvalue weighted by atomic mass is 10.0. The van der Waals surface area contributed by atoms with Crippen LogP contribution in [0.5, 0.6) is 0 Å². The minimum absolute atomic E-state index is 0.746. The third-order valence-electron chi connectivity index (χ3n) is 1.56. The Hall–Kier alpha value is -0.300. The van der Waals surface area contributed by atoms with Crippen molar-refractivity contribution >= 4 is 15.9 Å². The van der Waals surface area contributed by atoms with Crippen molar-refractivity contribution in [3.8, 4) is 0 Å². The van der Waals surface area contributed by atoms with Crippen molar-refractivity contribution in [2.45, 2.75) is 20.3 Å². The van der Waals surface area contributed by atoms with Gasteiger partial charge in [0.15, 0.2) is 0 Å². The van der Waals surface area contributed by atoms with Gasteiger partial charge in [-0.3, -0.25) is 0 Å². The normalized spacial score (nSPS) is 10.5. The highest BCUT2D eigenvalue weighted by Gasteiger charge is 1.95. The van der Waals surface area contributed by atoms with Crippen LogP contribution in [0.1, 0.15) is 19.4 Å². The van der Waals surface area contributed by atoms with E-state index < -0.39 is 0 Å². The summed E-state index contributed by atoms with van der Waals surface area (Å²) in [5.41, 5.74) is 1.42. The van der Waals surface area contributed by atoms with Crippen LogP contribution >= 0.6 is 15.9 Å². The highest BCUT2D eigenvalue weighted by atomic mass is 79.9. The summed E-state index contributed by atoms with van der Waals surface area (Å²) in [5.74, 6) is 0.746. The van der Waals surface area contributed by atoms with E-state index in [1.54, 1.807) is 0 Å². The number of hydrogen-bond acceptors (Lipinski definition) is 0. The van der Waals surface area contributed by atoms with Crippen molar-refractivity contribution in [1.29, 1.82) is 0 Å². The van der Waals surface area contributed by atoms with E-state index >= 15 is 0 Å². The Balaban J connectivity index is 2.66. The van der Waals surface area contributed by atoms with Gasteiger partial charge >= 0.3 is 0 Å². The van der Waals surface area contributed by atoms with Gasteiger partial charge in [-0.25, -0.2) is 0 Å². The van der Waals surface area contributed by atoms with Gasteiger partial charge in [0.1, 0.15) is 0 Å². The summed E-state index contributed by atoms with van der Waals surface area (Å²) in [4.78, 5) is 0. The monoisotopic (exact) mass is 212 g/mol. The van der Waals surface area contributed by atoms with Crippen molar-refractivity contribution in [2.24, 2.45) is 5.92 Å². The van der Waals surface area contributed by atoms with Crippen molar-refractivity contribution in [1.82, 2.24) is 0 Å². The SMILES string of the molecule is CC(C)Cc1ccc(Br)cc1. The summed E-state index contributed by atoms with van der Waals surface area (Å²) in [6.45, 7) is 4.48. The molecule has 0 bridgehead atoms. The first-order valence-electron chi connectivity index (χ1n) is 3.93. The summed E-state index contributed by atoms with van der Waals surface area (Å²) in [5, 5.41) is 0. The van der Waals surface area contributed by atoms with Crippen LogP contribution in [0, 0.1) is 5.92 Å². The topological polar surface area (TPSA) is 0 Å². The van der Waals surface area contributed by atoms with Crippen LogP contribution in [-0.2, 0) is 6.42 Å². The third kappa shape index (κ3) is 3.06. The van der Waals surface area contributed by atoms with E-state index in [-0.39, 0.29) is 0 Å². The molecule has 0 fully saturated rings. The predicted molar refractivity (Wildman–Crippen MR) is 52.7 cm³/mol. The first-order valence-corrected chi connectivity index (χ1v) is 4.72. The molecule has 1 heteroatoms. The Kier molecular flexibility index (Phi) is 3.13. The van der Waals surface area contributed by atoms with Crippen LogP contribution in [-0.4, -0.2) is 0 Å². The van der Waals surface area contributed by atoms with Crippen LogP contribution in [0.15, 0.2) is 28.7 Å². The number of rotatable bonds is 2. The standard InChI is InChI=1S/C10H13Br/c1-8(2)7-9-3-5-10(11)6-4-9/h3-6,8H,7H2,1-2H3. The molecular weight excluding hydrogens is 200 g/mol. The first-order chi connectivity index (χ1) is 5.18. The maximum atomic E-state index is 3.41. The van der Waals surface area contributed by atoms with Gasteiger partial charge in [0.05, 0.1) is 0 Å². The molecule has 1 aromatic rings. The molecule has 0 saturated heterocycles. The highest BCUT2D eigenvalue weighted by molar-refractivity contribution is 9.10. The fourth-order valence-electron chi connectivity index (χ4n) is 1.09. The maximum absolute atomic E-state index is 3.41. The van der Waals surface area contributed by atoms with Crippen LogP contribution in [0.3, 0.4) is 0 Å². The highest BCUT2D eigenvalue weighted by Crippen LogP contribution is 2.13. The fourth-order valence-corrected chi connectivity index (χ4v) is 1.36. The maximum Gasteiger partial charge on any atom is 0.0175 e. The van der Waals surface area contributed by atoms with E-state index in [9.17, 15) is 0 Å². The molecular formula is C10H13Br. The Bertz CT molecular complexity index is 211. The largest absolute Gasteiger partial charge is 0.0625 e. The molecule has 0 aliphatic heterocycles. The molecule has 1 aromatic carbocycles. The Labute approximate surface area is 76.8 Å². The van der Waals surface area contributed by atoms with E-state index in [0.29, 0.717) is 0 Å². The molecule has 0 aliphatic rings. The molecule has 0 saturated carbocycles. The van der Waals surface area contributed by atoms with Crippen molar-refractivity contribution < 1.29 is 0 Å². The average Bonchev–Trinajstić information content (AvgIpc) is 1.93. The molecule has 0 N–H and O–H groups in total. The molecule has 60 valence electrons. The smallest absolute Gasteiger partial charge is 0.0175 e. The van der Waals surface area contributed by atoms with Crippen LogP contribution in [0.25, 0.3) is 0 Å². The lowest BCUT2D eigenvalue weighted by Gasteiger charge is -2.03. The van der Waals surface area contributed by atoms with Gasteiger partial charge in [0.25, 0.3) is 0 Å². The van der Waals surface area contributed by atoms with Crippen LogP contribution in [0.2, 0.25) is 0 Å². The zero-order valence-electron chi connectivity index (χ0n) is 6.97. The van der Waals surface area contributed by atoms with Crippen molar-refractivity contribution in [3.05, 3.63) is 34.3 Å². The molecule has 0 heterocycles. The molecule has 0 atom stereocenters. The van der Waals surface area contributed by atoms with Crippen LogP contribution < -0.4 is 0 Å². The van der Waals surface area contributed by atoms with E-state index in [2.05, 4.69) is 54.0 Å². The molecule has 0 aromatic heterocycles. The van der Waals surface area contributed by atoms with Gasteiger partial charge in [-0.05, 0) is 30.0 Å². The second-order valence-electron chi connectivity index (χ2n) is 3.22. The minimum atomic E-state index is 0.746. The molecule has 0 unspecified atom stereocenters. The Morgan fingerprint density at radius 1 is 1.18 bits per heavy atom. The van der Waals surface area contributed by atoms with Crippen molar-refractivity contribution in [2.75, 3.05) is 0 Å². The van der Waals surface area contributed by atoms with E-state index in [4.69, 9.17) is 0 Å². The molecule has 0 amide bonds. The molecule has 11 heavy (non-hydrogen) atoms. The number of hydrogen-bond donors (Lipinski definition) is 0. The van der Waals surface area contributed by atoms with Gasteiger partial charge in [0.2, 0.25) is 0 Å². The molecule has 0 radical (unpaired) electrons. The molecule has 1 rings (SSSR count). The van der Waals surface area contributed by atoms with Gasteiger partial charge in [-0.1, -0.05) is 41.9 Å². The lowest BCUT2D eigenvalue weighted by molar-refractivity contribution is 0.647. The van der Waals surface area contributed by atoms with Gasteiger partial charge in [-0.2, -0.15) is 0 Å². The first kappa shape index (κ1) is 8.79. The summed E-state index contributed by atoms with van der Waals surface area (Å²) in [6.07, 6.45) is 1.17. The summed E-state index contributed by atoms with van der Waals surface area (Å²) in [6, 6.07) is 8.53. The zero-order valence-corrected chi connectivity index (χ0v) is 8.56. The lowest BCUT2D eigenvalue weighted by Crippen LogP contribution is -1.92. The fraction of sp³-hybridized carbons (Fsp3) is 0.400. The Morgan fingerprint density at radius 3 is 2.18 bits per heavy atom. The molecule has 0 aliphatic carbocycles. The number of halogens is 1. The van der Waals surface area contributed by atoms with E-state index in [1.165, 1.54) is 12.0 Å². The van der Waals surface area contributed by atoms with Gasteiger partial charge < -0.3 is 0 Å².